The molecule has 0 aliphatic carbocycles. The van der Waals surface area contributed by atoms with Crippen LogP contribution in [0, 0.1) is 11.8 Å². The Morgan fingerprint density at radius 2 is 2.00 bits per heavy atom. The lowest BCUT2D eigenvalue weighted by Gasteiger charge is -2.26. The van der Waals surface area contributed by atoms with Gasteiger partial charge in [0.1, 0.15) is 0 Å². The summed E-state index contributed by atoms with van der Waals surface area (Å²) in [6, 6.07) is 6.59. The van der Waals surface area contributed by atoms with E-state index >= 15 is 0 Å². The lowest BCUT2D eigenvalue weighted by atomic mass is 10.2. The molecule has 0 bridgehead atoms. The summed E-state index contributed by atoms with van der Waals surface area (Å²) in [6.45, 7) is 1.76. The van der Waals surface area contributed by atoms with Gasteiger partial charge in [-0.1, -0.05) is 24.3 Å². The molecule has 1 aromatic rings. The Bertz CT molecular complexity index is 611. The van der Waals surface area contributed by atoms with Gasteiger partial charge in [-0.2, -0.15) is 0 Å². The largest absolute Gasteiger partial charge is 0.320 e. The van der Waals surface area contributed by atoms with E-state index in [2.05, 4.69) is 16.7 Å². The normalized spacial score (nSPS) is 16.4. The summed E-state index contributed by atoms with van der Waals surface area (Å²) in [7, 11) is -3.53. The highest BCUT2D eigenvalue weighted by Crippen LogP contribution is 2.13. The van der Waals surface area contributed by atoms with Gasteiger partial charge >= 0.3 is 0 Å². The van der Waals surface area contributed by atoms with Crippen molar-refractivity contribution in [3.63, 3.8) is 0 Å². The van der Waals surface area contributed by atoms with Gasteiger partial charge in [0.2, 0.25) is 0 Å². The molecular formula is C14H19N3O2S. The van der Waals surface area contributed by atoms with Crippen molar-refractivity contribution in [2.24, 2.45) is 5.73 Å². The van der Waals surface area contributed by atoms with Gasteiger partial charge in [-0.3, -0.25) is 0 Å². The predicted molar refractivity (Wildman–Crippen MR) is 78.1 cm³/mol. The topological polar surface area (TPSA) is 75.4 Å². The fourth-order valence-corrected chi connectivity index (χ4v) is 3.27. The molecular weight excluding hydrogens is 274 g/mol. The van der Waals surface area contributed by atoms with Crippen molar-refractivity contribution in [1.29, 1.82) is 0 Å². The number of hydrazine groups is 1. The maximum absolute atomic E-state index is 12.3. The SMILES string of the molecule is NCC#Cc1cccc(S(=O)(=O)NN2CCCCC2)c1. The molecule has 1 fully saturated rings. The van der Waals surface area contributed by atoms with Crippen molar-refractivity contribution < 1.29 is 8.42 Å². The minimum absolute atomic E-state index is 0.229. The van der Waals surface area contributed by atoms with Crippen molar-refractivity contribution >= 4 is 10.0 Å². The first-order chi connectivity index (χ1) is 9.62. The van der Waals surface area contributed by atoms with E-state index in [0.717, 1.165) is 32.4 Å². The van der Waals surface area contributed by atoms with Gasteiger partial charge in [0.05, 0.1) is 11.4 Å². The zero-order chi connectivity index (χ0) is 14.4. The Labute approximate surface area is 120 Å². The quantitative estimate of drug-likeness (QED) is 0.804. The minimum atomic E-state index is -3.53. The smallest absolute Gasteiger partial charge is 0.253 e. The van der Waals surface area contributed by atoms with Crippen molar-refractivity contribution in [3.05, 3.63) is 29.8 Å². The van der Waals surface area contributed by atoms with E-state index in [-0.39, 0.29) is 11.4 Å². The highest BCUT2D eigenvalue weighted by Gasteiger charge is 2.19. The first-order valence-corrected chi connectivity index (χ1v) is 8.16. The van der Waals surface area contributed by atoms with Crippen molar-refractivity contribution in [1.82, 2.24) is 9.84 Å². The first-order valence-electron chi connectivity index (χ1n) is 6.68. The summed E-state index contributed by atoms with van der Waals surface area (Å²) in [4.78, 5) is 2.86. The van der Waals surface area contributed by atoms with Crippen LogP contribution in [0.1, 0.15) is 24.8 Å². The van der Waals surface area contributed by atoms with Crippen LogP contribution in [-0.2, 0) is 10.0 Å². The van der Waals surface area contributed by atoms with Crippen molar-refractivity contribution in [3.8, 4) is 11.8 Å². The molecule has 5 nitrogen and oxygen atoms in total. The molecule has 0 unspecified atom stereocenters. The van der Waals surface area contributed by atoms with E-state index in [4.69, 9.17) is 5.73 Å². The molecule has 20 heavy (non-hydrogen) atoms. The number of piperidine rings is 1. The number of benzene rings is 1. The van der Waals surface area contributed by atoms with E-state index in [1.165, 1.54) is 0 Å². The van der Waals surface area contributed by atoms with E-state index in [1.54, 1.807) is 29.3 Å². The second-order valence-corrected chi connectivity index (χ2v) is 6.34. The molecule has 0 amide bonds. The van der Waals surface area contributed by atoms with Gasteiger partial charge < -0.3 is 5.73 Å². The Kier molecular flexibility index (Phi) is 5.15. The molecule has 0 spiro atoms. The second kappa shape index (κ2) is 6.86. The molecule has 3 N–H and O–H groups in total. The highest BCUT2D eigenvalue weighted by molar-refractivity contribution is 7.89. The van der Waals surface area contributed by atoms with Gasteiger partial charge in [-0.15, -0.1) is 4.83 Å². The number of hydrogen-bond donors (Lipinski definition) is 2. The Hall–Kier alpha value is -1.39. The summed E-state index contributed by atoms with van der Waals surface area (Å²) in [5.41, 5.74) is 5.96. The van der Waals surface area contributed by atoms with Crippen LogP contribution in [0.4, 0.5) is 0 Å². The van der Waals surface area contributed by atoms with Gasteiger partial charge in [0, 0.05) is 18.7 Å². The third-order valence-corrected chi connectivity index (χ3v) is 4.46. The van der Waals surface area contributed by atoms with E-state index in [1.807, 2.05) is 0 Å². The van der Waals surface area contributed by atoms with E-state index < -0.39 is 10.0 Å². The maximum Gasteiger partial charge on any atom is 0.253 e. The molecule has 0 atom stereocenters. The summed E-state index contributed by atoms with van der Waals surface area (Å²) >= 11 is 0. The molecule has 1 saturated heterocycles. The standard InChI is InChI=1S/C14H19N3O2S/c15-9-5-7-13-6-4-8-14(12-13)20(18,19)16-17-10-2-1-3-11-17/h4,6,8,12,16H,1-3,9-11,15H2. The molecule has 6 heteroatoms. The summed E-state index contributed by atoms with van der Waals surface area (Å²) in [5, 5.41) is 1.76. The van der Waals surface area contributed by atoms with Crippen LogP contribution in [0.5, 0.6) is 0 Å². The molecule has 108 valence electrons. The van der Waals surface area contributed by atoms with Gasteiger partial charge in [-0.05, 0) is 31.0 Å². The molecule has 0 radical (unpaired) electrons. The molecule has 1 heterocycles. The van der Waals surface area contributed by atoms with E-state index in [9.17, 15) is 8.42 Å². The lowest BCUT2D eigenvalue weighted by molar-refractivity contribution is 0.200. The fraction of sp³-hybridized carbons (Fsp3) is 0.429. The molecule has 0 aromatic heterocycles. The Balaban J connectivity index is 2.16. The van der Waals surface area contributed by atoms with Crippen LogP contribution in [0.15, 0.2) is 29.2 Å². The fourth-order valence-electron chi connectivity index (χ4n) is 2.10. The number of nitrogens with two attached hydrogens (primary N) is 1. The monoisotopic (exact) mass is 293 g/mol. The third-order valence-electron chi connectivity index (χ3n) is 3.08. The van der Waals surface area contributed by atoms with Crippen LogP contribution >= 0.6 is 0 Å². The summed E-state index contributed by atoms with van der Waals surface area (Å²) < 4.78 is 24.6. The minimum Gasteiger partial charge on any atom is -0.320 e. The first kappa shape index (κ1) is 15.0. The molecule has 1 aromatic carbocycles. The maximum atomic E-state index is 12.3. The second-order valence-electron chi connectivity index (χ2n) is 4.68. The van der Waals surface area contributed by atoms with Crippen molar-refractivity contribution in [2.75, 3.05) is 19.6 Å². The lowest BCUT2D eigenvalue weighted by Crippen LogP contribution is -2.44. The van der Waals surface area contributed by atoms with E-state index in [0.29, 0.717) is 5.56 Å². The number of sulfonamides is 1. The molecule has 2 rings (SSSR count). The summed E-state index contributed by atoms with van der Waals surface area (Å²) in [6.07, 6.45) is 3.19. The zero-order valence-electron chi connectivity index (χ0n) is 11.3. The van der Waals surface area contributed by atoms with Gasteiger partial charge in [-0.25, -0.2) is 13.4 Å². The van der Waals surface area contributed by atoms with Crippen LogP contribution in [0.2, 0.25) is 0 Å². The van der Waals surface area contributed by atoms with Crippen LogP contribution in [0.3, 0.4) is 0 Å². The average Bonchev–Trinajstić information content (AvgIpc) is 2.46. The number of nitrogens with zero attached hydrogens (tertiary/aromatic N) is 1. The van der Waals surface area contributed by atoms with Crippen LogP contribution in [0.25, 0.3) is 0 Å². The van der Waals surface area contributed by atoms with Crippen molar-refractivity contribution in [2.45, 2.75) is 24.2 Å². The molecule has 1 aliphatic heterocycles. The number of nitrogens with one attached hydrogen (secondary N) is 1. The third kappa shape index (κ3) is 4.05. The van der Waals surface area contributed by atoms with Gasteiger partial charge in [0.25, 0.3) is 10.0 Å². The highest BCUT2D eigenvalue weighted by atomic mass is 32.2. The zero-order valence-corrected chi connectivity index (χ0v) is 12.1. The Morgan fingerprint density at radius 3 is 2.70 bits per heavy atom. The number of hydrogen-bond acceptors (Lipinski definition) is 4. The average molecular weight is 293 g/mol. The summed E-state index contributed by atoms with van der Waals surface area (Å²) in [5.74, 6) is 5.56. The molecule has 0 saturated carbocycles. The van der Waals surface area contributed by atoms with Crippen LogP contribution < -0.4 is 10.6 Å². The van der Waals surface area contributed by atoms with Gasteiger partial charge in [0.15, 0.2) is 0 Å². The Morgan fingerprint density at radius 1 is 1.25 bits per heavy atom. The molecule has 1 aliphatic rings. The van der Waals surface area contributed by atoms with Crippen LogP contribution in [-0.4, -0.2) is 33.1 Å². The predicted octanol–water partition coefficient (Wildman–Crippen LogP) is 0.676. The number of rotatable bonds is 3.